The summed E-state index contributed by atoms with van der Waals surface area (Å²) in [4.78, 5) is 16.0. The standard InChI is InChI=1S/C12H19N7O/c1-10-14-5-8-18(10)6-2-4-15-12(20)11-9-19(7-3-13)17-16-11/h5,8-9H,2-4,6-7,13H2,1H3,(H,15,20). The molecule has 0 atom stereocenters. The number of rotatable bonds is 7. The molecule has 0 bridgehead atoms. The van der Waals surface area contributed by atoms with Gasteiger partial charge in [0.15, 0.2) is 5.69 Å². The minimum atomic E-state index is -0.212. The van der Waals surface area contributed by atoms with Crippen molar-refractivity contribution in [1.82, 2.24) is 29.9 Å². The van der Waals surface area contributed by atoms with E-state index < -0.39 is 0 Å². The molecule has 0 aliphatic rings. The maximum absolute atomic E-state index is 11.8. The molecule has 20 heavy (non-hydrogen) atoms. The Labute approximate surface area is 117 Å². The molecule has 0 radical (unpaired) electrons. The lowest BCUT2D eigenvalue weighted by Crippen LogP contribution is -2.25. The smallest absolute Gasteiger partial charge is 0.273 e. The first-order chi connectivity index (χ1) is 9.70. The molecular formula is C12H19N7O. The van der Waals surface area contributed by atoms with Crippen molar-refractivity contribution >= 4 is 5.91 Å². The van der Waals surface area contributed by atoms with Gasteiger partial charge in [-0.25, -0.2) is 4.98 Å². The lowest BCUT2D eigenvalue weighted by molar-refractivity contribution is 0.0947. The SMILES string of the molecule is Cc1nccn1CCCNC(=O)c1cn(CCN)nn1. The first kappa shape index (κ1) is 14.2. The van der Waals surface area contributed by atoms with Crippen LogP contribution < -0.4 is 11.1 Å². The van der Waals surface area contributed by atoms with Gasteiger partial charge >= 0.3 is 0 Å². The predicted octanol–water partition coefficient (Wildman–Crippen LogP) is -0.438. The third-order valence-corrected chi connectivity index (χ3v) is 2.91. The Hall–Kier alpha value is -2.22. The highest BCUT2D eigenvalue weighted by molar-refractivity contribution is 5.91. The van der Waals surface area contributed by atoms with Gasteiger partial charge in [-0.05, 0) is 13.3 Å². The molecule has 2 heterocycles. The minimum Gasteiger partial charge on any atom is -0.351 e. The molecule has 0 spiro atoms. The van der Waals surface area contributed by atoms with E-state index in [1.54, 1.807) is 17.1 Å². The number of nitrogens with one attached hydrogen (secondary N) is 1. The van der Waals surface area contributed by atoms with Crippen molar-refractivity contribution in [3.8, 4) is 0 Å². The Balaban J connectivity index is 1.73. The van der Waals surface area contributed by atoms with Gasteiger partial charge in [-0.3, -0.25) is 9.48 Å². The number of carbonyl (C=O) groups is 1. The van der Waals surface area contributed by atoms with Gasteiger partial charge in [-0.15, -0.1) is 5.10 Å². The van der Waals surface area contributed by atoms with Gasteiger partial charge in [0.25, 0.3) is 5.91 Å². The summed E-state index contributed by atoms with van der Waals surface area (Å²) < 4.78 is 3.60. The first-order valence-electron chi connectivity index (χ1n) is 6.57. The van der Waals surface area contributed by atoms with Crippen LogP contribution in [0, 0.1) is 6.92 Å². The molecular weight excluding hydrogens is 258 g/mol. The zero-order valence-electron chi connectivity index (χ0n) is 11.5. The van der Waals surface area contributed by atoms with Crippen LogP contribution in [0.2, 0.25) is 0 Å². The molecule has 2 rings (SSSR count). The van der Waals surface area contributed by atoms with Crippen molar-refractivity contribution in [2.75, 3.05) is 13.1 Å². The molecule has 3 N–H and O–H groups in total. The van der Waals surface area contributed by atoms with Crippen LogP contribution >= 0.6 is 0 Å². The number of carbonyl (C=O) groups excluding carboxylic acids is 1. The van der Waals surface area contributed by atoms with Crippen LogP contribution in [0.1, 0.15) is 22.7 Å². The zero-order chi connectivity index (χ0) is 14.4. The molecule has 108 valence electrons. The first-order valence-corrected chi connectivity index (χ1v) is 6.57. The molecule has 0 saturated carbocycles. The summed E-state index contributed by atoms with van der Waals surface area (Å²) in [6, 6.07) is 0. The second kappa shape index (κ2) is 6.80. The third kappa shape index (κ3) is 3.64. The summed E-state index contributed by atoms with van der Waals surface area (Å²) in [7, 11) is 0. The number of nitrogens with two attached hydrogens (primary N) is 1. The van der Waals surface area contributed by atoms with Crippen LogP contribution in [-0.2, 0) is 13.1 Å². The Morgan fingerprint density at radius 2 is 2.30 bits per heavy atom. The fourth-order valence-electron chi connectivity index (χ4n) is 1.83. The summed E-state index contributed by atoms with van der Waals surface area (Å²) >= 11 is 0. The van der Waals surface area contributed by atoms with E-state index in [2.05, 4.69) is 20.6 Å². The largest absolute Gasteiger partial charge is 0.351 e. The Kier molecular flexibility index (Phi) is 4.83. The van der Waals surface area contributed by atoms with Crippen molar-refractivity contribution in [3.63, 3.8) is 0 Å². The number of hydrogen-bond donors (Lipinski definition) is 2. The number of aromatic nitrogens is 5. The average molecular weight is 277 g/mol. The minimum absolute atomic E-state index is 0.212. The maximum atomic E-state index is 11.8. The number of amides is 1. The maximum Gasteiger partial charge on any atom is 0.273 e. The van der Waals surface area contributed by atoms with Crippen molar-refractivity contribution in [3.05, 3.63) is 30.1 Å². The number of aryl methyl sites for hydroxylation is 2. The van der Waals surface area contributed by atoms with E-state index in [4.69, 9.17) is 5.73 Å². The van der Waals surface area contributed by atoms with Gasteiger partial charge in [-0.2, -0.15) is 0 Å². The zero-order valence-corrected chi connectivity index (χ0v) is 11.5. The van der Waals surface area contributed by atoms with E-state index in [9.17, 15) is 4.79 Å². The van der Waals surface area contributed by atoms with Crippen molar-refractivity contribution in [1.29, 1.82) is 0 Å². The molecule has 0 aromatic carbocycles. The molecule has 8 heteroatoms. The lowest BCUT2D eigenvalue weighted by atomic mass is 10.3. The summed E-state index contributed by atoms with van der Waals surface area (Å²) in [5.41, 5.74) is 5.72. The van der Waals surface area contributed by atoms with Crippen LogP contribution in [0.4, 0.5) is 0 Å². The second-order valence-corrected chi connectivity index (χ2v) is 4.43. The van der Waals surface area contributed by atoms with E-state index in [0.29, 0.717) is 25.3 Å². The van der Waals surface area contributed by atoms with Crippen molar-refractivity contribution < 1.29 is 4.79 Å². The van der Waals surface area contributed by atoms with Gasteiger partial charge < -0.3 is 15.6 Å². The van der Waals surface area contributed by atoms with Gasteiger partial charge in [0.05, 0.1) is 12.7 Å². The highest BCUT2D eigenvalue weighted by Gasteiger charge is 2.09. The molecule has 0 saturated heterocycles. The summed E-state index contributed by atoms with van der Waals surface area (Å²) in [5.74, 6) is 0.761. The second-order valence-electron chi connectivity index (χ2n) is 4.43. The average Bonchev–Trinajstić information content (AvgIpc) is 3.05. The highest BCUT2D eigenvalue weighted by atomic mass is 16.2. The van der Waals surface area contributed by atoms with Gasteiger partial charge in [-0.1, -0.05) is 5.21 Å². The van der Waals surface area contributed by atoms with Crippen LogP contribution in [0.15, 0.2) is 18.6 Å². The highest BCUT2D eigenvalue weighted by Crippen LogP contribution is 1.97. The van der Waals surface area contributed by atoms with E-state index in [0.717, 1.165) is 18.8 Å². The Morgan fingerprint density at radius 1 is 1.45 bits per heavy atom. The van der Waals surface area contributed by atoms with Crippen LogP contribution in [0.5, 0.6) is 0 Å². The molecule has 0 aliphatic heterocycles. The Bertz CT molecular complexity index is 560. The van der Waals surface area contributed by atoms with E-state index in [1.165, 1.54) is 0 Å². The normalized spacial score (nSPS) is 10.7. The molecule has 0 fully saturated rings. The van der Waals surface area contributed by atoms with E-state index in [1.807, 2.05) is 17.7 Å². The number of hydrogen-bond acceptors (Lipinski definition) is 5. The van der Waals surface area contributed by atoms with E-state index in [-0.39, 0.29) is 5.91 Å². The lowest BCUT2D eigenvalue weighted by Gasteiger charge is -2.05. The number of nitrogens with zero attached hydrogens (tertiary/aromatic N) is 5. The summed E-state index contributed by atoms with van der Waals surface area (Å²) in [5, 5.41) is 10.4. The fourth-order valence-corrected chi connectivity index (χ4v) is 1.83. The van der Waals surface area contributed by atoms with Gasteiger partial charge in [0.1, 0.15) is 5.82 Å². The topological polar surface area (TPSA) is 104 Å². The number of imidazole rings is 1. The van der Waals surface area contributed by atoms with Gasteiger partial charge in [0.2, 0.25) is 0 Å². The molecule has 0 unspecified atom stereocenters. The van der Waals surface area contributed by atoms with E-state index >= 15 is 0 Å². The fraction of sp³-hybridized carbons (Fsp3) is 0.500. The molecule has 8 nitrogen and oxygen atoms in total. The molecule has 1 amide bonds. The molecule has 2 aromatic rings. The monoisotopic (exact) mass is 277 g/mol. The van der Waals surface area contributed by atoms with Crippen LogP contribution in [0.3, 0.4) is 0 Å². The van der Waals surface area contributed by atoms with Crippen LogP contribution in [-0.4, -0.2) is 43.5 Å². The van der Waals surface area contributed by atoms with Crippen LogP contribution in [0.25, 0.3) is 0 Å². The summed E-state index contributed by atoms with van der Waals surface area (Å²) in [6.45, 7) is 4.38. The third-order valence-electron chi connectivity index (χ3n) is 2.91. The molecule has 0 aliphatic carbocycles. The Morgan fingerprint density at radius 3 is 3.00 bits per heavy atom. The quantitative estimate of drug-likeness (QED) is 0.668. The predicted molar refractivity (Wildman–Crippen MR) is 73.0 cm³/mol. The summed E-state index contributed by atoms with van der Waals surface area (Å²) in [6.07, 6.45) is 6.13. The molecule has 2 aromatic heterocycles. The van der Waals surface area contributed by atoms with Gasteiger partial charge in [0, 0.05) is 32.0 Å². The van der Waals surface area contributed by atoms with Crippen molar-refractivity contribution in [2.24, 2.45) is 5.73 Å². The van der Waals surface area contributed by atoms with Crippen molar-refractivity contribution in [2.45, 2.75) is 26.4 Å².